The minimum Gasteiger partial charge on any atom is -0.493 e. The van der Waals surface area contributed by atoms with Crippen LogP contribution >= 0.6 is 0 Å². The molecule has 0 aliphatic rings. The fourth-order valence-corrected chi connectivity index (χ4v) is 4.88. The summed E-state index contributed by atoms with van der Waals surface area (Å²) in [5, 5.41) is 10.8. The molecule has 0 aromatic heterocycles. The third-order valence-electron chi connectivity index (χ3n) is 5.32. The van der Waals surface area contributed by atoms with Crippen LogP contribution in [-0.2, 0) is 16.4 Å². The molecule has 0 saturated heterocycles. The Morgan fingerprint density at radius 3 is 2.19 bits per heavy atom. The van der Waals surface area contributed by atoms with Crippen molar-refractivity contribution in [3.63, 3.8) is 0 Å². The quantitative estimate of drug-likeness (QED) is 0.500. The smallest absolute Gasteiger partial charge is 0.243 e. The van der Waals surface area contributed by atoms with Crippen LogP contribution in [0.3, 0.4) is 0 Å². The van der Waals surface area contributed by atoms with Gasteiger partial charge in [-0.25, -0.2) is 8.42 Å². The van der Waals surface area contributed by atoms with Crippen molar-refractivity contribution in [2.75, 3.05) is 27.3 Å². The Labute approximate surface area is 190 Å². The Bertz CT molecular complexity index is 1110. The number of benzene rings is 3. The summed E-state index contributed by atoms with van der Waals surface area (Å²) in [6.45, 7) is 2.06. The number of aryl methyl sites for hydroxylation is 1. The number of rotatable bonds is 10. The van der Waals surface area contributed by atoms with Crippen molar-refractivity contribution in [3.05, 3.63) is 89.5 Å². The van der Waals surface area contributed by atoms with Crippen molar-refractivity contribution in [2.24, 2.45) is 0 Å². The maximum absolute atomic E-state index is 13.4. The van der Waals surface area contributed by atoms with Gasteiger partial charge in [0.25, 0.3) is 0 Å². The zero-order valence-electron chi connectivity index (χ0n) is 18.6. The lowest BCUT2D eigenvalue weighted by molar-refractivity contribution is 0.148. The van der Waals surface area contributed by atoms with Gasteiger partial charge >= 0.3 is 0 Å². The summed E-state index contributed by atoms with van der Waals surface area (Å²) >= 11 is 0. The van der Waals surface area contributed by atoms with Gasteiger partial charge in [-0.05, 0) is 48.7 Å². The minimum atomic E-state index is -3.80. The number of hydrogen-bond donors (Lipinski definition) is 1. The highest BCUT2D eigenvalue weighted by Crippen LogP contribution is 2.28. The molecule has 7 heteroatoms. The topological polar surface area (TPSA) is 76.1 Å². The molecule has 1 N–H and O–H groups in total. The van der Waals surface area contributed by atoms with E-state index >= 15 is 0 Å². The Morgan fingerprint density at radius 1 is 0.906 bits per heavy atom. The standard InChI is InChI=1S/C25H29NO5S/c1-19-9-12-22(13-10-19)32(28,29)26(18-23(27)21-7-5-4-6-8-21)16-15-20-11-14-24(30-2)25(17-20)31-3/h4-14,17,23,27H,15-16,18H2,1-3H3. The minimum absolute atomic E-state index is 0.0481. The molecule has 0 saturated carbocycles. The van der Waals surface area contributed by atoms with Gasteiger partial charge in [-0.15, -0.1) is 0 Å². The van der Waals surface area contributed by atoms with Crippen LogP contribution in [0.15, 0.2) is 77.7 Å². The Kier molecular flexibility index (Phi) is 7.90. The fraction of sp³-hybridized carbons (Fsp3) is 0.280. The molecule has 3 rings (SSSR count). The highest BCUT2D eigenvalue weighted by Gasteiger charge is 2.27. The van der Waals surface area contributed by atoms with Gasteiger partial charge in [0.1, 0.15) is 0 Å². The summed E-state index contributed by atoms with van der Waals surface area (Å²) in [5.74, 6) is 1.20. The zero-order valence-corrected chi connectivity index (χ0v) is 19.4. The molecule has 0 fully saturated rings. The van der Waals surface area contributed by atoms with Crippen molar-refractivity contribution in [1.29, 1.82) is 0 Å². The second-order valence-corrected chi connectivity index (χ2v) is 9.48. The summed E-state index contributed by atoms with van der Waals surface area (Å²) in [6.07, 6.45) is -0.491. The van der Waals surface area contributed by atoms with Gasteiger partial charge in [-0.2, -0.15) is 4.31 Å². The lowest BCUT2D eigenvalue weighted by atomic mass is 10.1. The Morgan fingerprint density at radius 2 is 1.56 bits per heavy atom. The third kappa shape index (κ3) is 5.68. The molecular formula is C25H29NO5S. The van der Waals surface area contributed by atoms with Crippen molar-refractivity contribution < 1.29 is 23.0 Å². The normalized spacial score (nSPS) is 12.5. The van der Waals surface area contributed by atoms with Gasteiger partial charge in [0.05, 0.1) is 25.2 Å². The summed E-state index contributed by atoms with van der Waals surface area (Å²) in [6, 6.07) is 21.3. The van der Waals surface area contributed by atoms with E-state index in [1.54, 1.807) is 56.7 Å². The van der Waals surface area contributed by atoms with Crippen molar-refractivity contribution in [1.82, 2.24) is 4.31 Å². The van der Waals surface area contributed by atoms with Crippen LogP contribution in [0.1, 0.15) is 22.8 Å². The van der Waals surface area contributed by atoms with E-state index in [0.29, 0.717) is 23.5 Å². The van der Waals surface area contributed by atoms with Crippen LogP contribution in [0.2, 0.25) is 0 Å². The molecule has 1 unspecified atom stereocenters. The summed E-state index contributed by atoms with van der Waals surface area (Å²) in [4.78, 5) is 0.204. The van der Waals surface area contributed by atoms with Crippen LogP contribution in [0.5, 0.6) is 11.5 Å². The average molecular weight is 456 g/mol. The first kappa shape index (κ1) is 23.8. The molecule has 32 heavy (non-hydrogen) atoms. The monoisotopic (exact) mass is 455 g/mol. The van der Waals surface area contributed by atoms with Crippen LogP contribution < -0.4 is 9.47 Å². The predicted molar refractivity (Wildman–Crippen MR) is 125 cm³/mol. The molecule has 0 heterocycles. The molecule has 0 aliphatic carbocycles. The molecule has 0 bridgehead atoms. The van der Waals surface area contributed by atoms with E-state index < -0.39 is 16.1 Å². The highest BCUT2D eigenvalue weighted by molar-refractivity contribution is 7.89. The fourth-order valence-electron chi connectivity index (χ4n) is 3.43. The van der Waals surface area contributed by atoms with Crippen LogP contribution in [-0.4, -0.2) is 45.1 Å². The van der Waals surface area contributed by atoms with Gasteiger partial charge in [0.15, 0.2) is 11.5 Å². The number of sulfonamides is 1. The third-order valence-corrected chi connectivity index (χ3v) is 7.20. The maximum Gasteiger partial charge on any atom is 0.243 e. The first-order valence-electron chi connectivity index (χ1n) is 10.4. The largest absolute Gasteiger partial charge is 0.493 e. The maximum atomic E-state index is 13.4. The second kappa shape index (κ2) is 10.6. The van der Waals surface area contributed by atoms with Crippen LogP contribution in [0, 0.1) is 6.92 Å². The lowest BCUT2D eigenvalue weighted by Crippen LogP contribution is -2.36. The number of ether oxygens (including phenoxy) is 2. The Hall–Kier alpha value is -2.87. The van der Waals surface area contributed by atoms with Crippen molar-refractivity contribution >= 4 is 10.0 Å². The number of methoxy groups -OCH3 is 2. The van der Waals surface area contributed by atoms with E-state index in [2.05, 4.69) is 0 Å². The first-order valence-corrected chi connectivity index (χ1v) is 11.8. The van der Waals surface area contributed by atoms with Crippen LogP contribution in [0.4, 0.5) is 0 Å². The summed E-state index contributed by atoms with van der Waals surface area (Å²) < 4.78 is 38.8. The van der Waals surface area contributed by atoms with Crippen LogP contribution in [0.25, 0.3) is 0 Å². The molecule has 0 radical (unpaired) electrons. The lowest BCUT2D eigenvalue weighted by Gasteiger charge is -2.25. The first-order chi connectivity index (χ1) is 15.3. The summed E-state index contributed by atoms with van der Waals surface area (Å²) in [5.41, 5.74) is 2.55. The number of nitrogens with zero attached hydrogens (tertiary/aromatic N) is 1. The predicted octanol–water partition coefficient (Wildman–Crippen LogP) is 3.98. The molecule has 3 aromatic carbocycles. The van der Waals surface area contributed by atoms with E-state index in [1.807, 2.05) is 37.3 Å². The summed E-state index contributed by atoms with van der Waals surface area (Å²) in [7, 11) is -0.673. The van der Waals surface area contributed by atoms with E-state index in [1.165, 1.54) is 4.31 Å². The van der Waals surface area contributed by atoms with Gasteiger partial charge < -0.3 is 14.6 Å². The van der Waals surface area contributed by atoms with E-state index in [9.17, 15) is 13.5 Å². The molecule has 6 nitrogen and oxygen atoms in total. The second-order valence-electron chi connectivity index (χ2n) is 7.54. The SMILES string of the molecule is COc1ccc(CCN(CC(O)c2ccccc2)S(=O)(=O)c2ccc(C)cc2)cc1OC. The molecule has 170 valence electrons. The van der Waals surface area contributed by atoms with Crippen molar-refractivity contribution in [3.8, 4) is 11.5 Å². The van der Waals surface area contributed by atoms with E-state index in [4.69, 9.17) is 9.47 Å². The molecule has 3 aromatic rings. The Balaban J connectivity index is 1.87. The number of aliphatic hydroxyl groups is 1. The molecule has 1 atom stereocenters. The number of aliphatic hydroxyl groups excluding tert-OH is 1. The van der Waals surface area contributed by atoms with E-state index in [0.717, 1.165) is 11.1 Å². The molecular weight excluding hydrogens is 426 g/mol. The zero-order chi connectivity index (χ0) is 23.1. The van der Waals surface area contributed by atoms with Gasteiger partial charge in [-0.3, -0.25) is 0 Å². The molecule has 0 amide bonds. The van der Waals surface area contributed by atoms with Gasteiger partial charge in [0, 0.05) is 13.1 Å². The van der Waals surface area contributed by atoms with E-state index in [-0.39, 0.29) is 18.0 Å². The number of hydrogen-bond acceptors (Lipinski definition) is 5. The molecule has 0 aliphatic heterocycles. The average Bonchev–Trinajstić information content (AvgIpc) is 2.82. The highest BCUT2D eigenvalue weighted by atomic mass is 32.2. The molecule has 0 spiro atoms. The van der Waals surface area contributed by atoms with Crippen molar-refractivity contribution in [2.45, 2.75) is 24.3 Å². The van der Waals surface area contributed by atoms with Gasteiger partial charge in [0.2, 0.25) is 10.0 Å². The van der Waals surface area contributed by atoms with Gasteiger partial charge in [-0.1, -0.05) is 54.1 Å².